The number of aromatic nitrogens is 5. The average Bonchev–Trinajstić information content (AvgIpc) is 3.78. The van der Waals surface area contributed by atoms with E-state index in [9.17, 15) is 34.5 Å². The van der Waals surface area contributed by atoms with Crippen molar-refractivity contribution in [3.8, 4) is 28.6 Å². The zero-order valence-electron chi connectivity index (χ0n) is 31.9. The maximum absolute atomic E-state index is 13.9. The van der Waals surface area contributed by atoms with Gasteiger partial charge in [-0.1, -0.05) is 20.8 Å². The van der Waals surface area contributed by atoms with Crippen LogP contribution in [-0.4, -0.2) is 94.5 Å². The highest BCUT2D eigenvalue weighted by Crippen LogP contribution is 2.41. The molecule has 1 fully saturated rings. The maximum atomic E-state index is 13.9. The van der Waals surface area contributed by atoms with E-state index in [1.807, 2.05) is 25.7 Å². The fraction of sp³-hybridized carbons (Fsp3) is 0.341. The van der Waals surface area contributed by atoms with E-state index in [1.165, 1.54) is 21.7 Å². The minimum Gasteiger partial charge on any atom is -0.508 e. The van der Waals surface area contributed by atoms with Crippen LogP contribution < -0.4 is 16.1 Å². The number of aliphatic imine (C=N–C) groups is 1. The van der Waals surface area contributed by atoms with Crippen molar-refractivity contribution in [3.05, 3.63) is 114 Å². The predicted octanol–water partition coefficient (Wildman–Crippen LogP) is 4.04. The number of rotatable bonds is 6. The second-order valence-electron chi connectivity index (χ2n) is 15.1. The fourth-order valence-electron chi connectivity index (χ4n) is 8.44. The molecule has 5 aliphatic rings. The summed E-state index contributed by atoms with van der Waals surface area (Å²) in [5.74, 6) is -0.175. The number of aliphatic hydroxyl groups is 1. The summed E-state index contributed by atoms with van der Waals surface area (Å²) in [4.78, 5) is 66.5. The lowest BCUT2D eigenvalue weighted by Crippen LogP contribution is -2.49. The Hall–Kier alpha value is -6.91. The Morgan fingerprint density at radius 2 is 1.84 bits per heavy atom. The van der Waals surface area contributed by atoms with Crippen LogP contribution in [0.4, 0.5) is 10.6 Å². The molecule has 58 heavy (non-hydrogen) atoms. The van der Waals surface area contributed by atoms with Crippen molar-refractivity contribution >= 4 is 23.6 Å². The number of allylic oxidation sites excluding steroid dienone is 2. The summed E-state index contributed by atoms with van der Waals surface area (Å²) in [6.45, 7) is 7.16. The molecule has 3 aromatic heterocycles. The lowest BCUT2D eigenvalue weighted by Gasteiger charge is -2.35. The summed E-state index contributed by atoms with van der Waals surface area (Å²) in [7, 11) is 0. The number of benzene rings is 1. The van der Waals surface area contributed by atoms with E-state index in [-0.39, 0.29) is 77.0 Å². The third kappa shape index (κ3) is 5.95. The third-order valence-corrected chi connectivity index (χ3v) is 11.4. The molecule has 1 unspecified atom stereocenters. The number of carbonyl (C=O) groups excluding carboxylic acids is 2. The van der Waals surface area contributed by atoms with E-state index in [1.54, 1.807) is 41.0 Å². The molecule has 0 radical (unpaired) electrons. The smallest absolute Gasteiger partial charge is 0.411 e. The van der Waals surface area contributed by atoms with Crippen molar-refractivity contribution in [2.45, 2.75) is 64.8 Å². The number of esters is 1. The molecule has 1 aromatic carbocycles. The standard InChI is InChI=1S/C41H40N8O9/c1-4-23-25-13-22(50)6-7-30(25)43-35-28(23)18-48-31(35)15-26-29(38(48)53)19-57-39(54)36(26)58-41(56)47-11-9-46(10-12-47)34-8-5-21(17-42-34)49-37(44-45-40(49)55)27-14-24(20(2)3)32(51)16-33(27)52/h5-6,8,13-17,20,30,36,50-52H,4,7,9-12,18-19H2,1-3H3,(H,45,55)/t30?,36-/m0/s1. The predicted molar refractivity (Wildman–Crippen MR) is 209 cm³/mol. The van der Waals surface area contributed by atoms with Crippen LogP contribution in [0.25, 0.3) is 17.1 Å². The number of ether oxygens (including phenoxy) is 2. The van der Waals surface area contributed by atoms with Gasteiger partial charge in [-0.2, -0.15) is 5.10 Å². The number of nitrogens with one attached hydrogen (secondary N) is 1. The average molecular weight is 789 g/mol. The molecule has 1 amide bonds. The van der Waals surface area contributed by atoms with Crippen LogP contribution in [0, 0.1) is 0 Å². The normalized spacial score (nSPS) is 19.8. The Balaban J connectivity index is 0.903. The van der Waals surface area contributed by atoms with Crippen molar-refractivity contribution in [2.75, 3.05) is 31.1 Å². The Morgan fingerprint density at radius 3 is 2.57 bits per heavy atom. The number of cyclic esters (lactones) is 1. The molecule has 17 nitrogen and oxygen atoms in total. The lowest BCUT2D eigenvalue weighted by molar-refractivity contribution is -0.158. The quantitative estimate of drug-likeness (QED) is 0.204. The molecule has 1 aliphatic carbocycles. The number of dihydropyridines is 1. The van der Waals surface area contributed by atoms with E-state index < -0.39 is 23.9 Å². The topological polar surface area (TPSA) is 218 Å². The Kier molecular flexibility index (Phi) is 8.82. The first-order valence-corrected chi connectivity index (χ1v) is 19.2. The van der Waals surface area contributed by atoms with Crippen LogP contribution >= 0.6 is 0 Å². The zero-order valence-corrected chi connectivity index (χ0v) is 31.9. The van der Waals surface area contributed by atoms with E-state index >= 15 is 0 Å². The Bertz CT molecular complexity index is 2660. The van der Waals surface area contributed by atoms with Crippen LogP contribution in [0.1, 0.15) is 68.0 Å². The summed E-state index contributed by atoms with van der Waals surface area (Å²) in [5, 5.41) is 37.7. The van der Waals surface area contributed by atoms with Gasteiger partial charge in [0.1, 0.15) is 29.7 Å². The number of fused-ring (bicyclic) bond motifs is 5. The SMILES string of the molecule is CCC1=C2Cn3c(cc4c(c3=O)COC(=O)[C@H]4OC(=O)N3CCN(c4ccc(-n5c(-c6cc(C(C)C)c(O)cc6O)n[nH]c5=O)cn4)CC3)C2=NC2CC=C(O)C=C12. The summed E-state index contributed by atoms with van der Waals surface area (Å²) >= 11 is 0. The van der Waals surface area contributed by atoms with Gasteiger partial charge in [-0.25, -0.2) is 29.0 Å². The Morgan fingerprint density at radius 1 is 1.05 bits per heavy atom. The van der Waals surface area contributed by atoms with Crippen molar-refractivity contribution in [1.82, 2.24) is 29.2 Å². The number of hydrogen-bond donors (Lipinski definition) is 4. The van der Waals surface area contributed by atoms with Crippen molar-refractivity contribution < 1.29 is 34.4 Å². The fourth-order valence-corrected chi connectivity index (χ4v) is 8.44. The van der Waals surface area contributed by atoms with Crippen LogP contribution in [0.3, 0.4) is 0 Å². The maximum Gasteiger partial charge on any atom is 0.411 e. The molecule has 17 heteroatoms. The number of hydrogen-bond acceptors (Lipinski definition) is 13. The first kappa shape index (κ1) is 36.7. The van der Waals surface area contributed by atoms with Crippen LogP contribution in [-0.2, 0) is 27.4 Å². The highest BCUT2D eigenvalue weighted by Gasteiger charge is 2.41. The monoisotopic (exact) mass is 788 g/mol. The van der Waals surface area contributed by atoms with E-state index in [2.05, 4.69) is 15.2 Å². The number of H-pyrrole nitrogens is 1. The molecular formula is C41H40N8O9. The molecule has 9 rings (SSSR count). The number of piperazine rings is 1. The van der Waals surface area contributed by atoms with Gasteiger partial charge in [0.2, 0.25) is 6.10 Å². The molecule has 2 atom stereocenters. The lowest BCUT2D eigenvalue weighted by atomic mass is 9.83. The molecule has 298 valence electrons. The van der Waals surface area contributed by atoms with Gasteiger partial charge in [-0.3, -0.25) is 9.79 Å². The number of carbonyl (C=O) groups is 2. The van der Waals surface area contributed by atoms with Gasteiger partial charge in [0.25, 0.3) is 5.56 Å². The summed E-state index contributed by atoms with van der Waals surface area (Å²) < 4.78 is 14.1. The Labute approximate surface area is 330 Å². The number of aromatic hydroxyl groups is 2. The number of phenols is 2. The van der Waals surface area contributed by atoms with Crippen LogP contribution in [0.15, 0.2) is 85.7 Å². The minimum atomic E-state index is -1.44. The van der Waals surface area contributed by atoms with Gasteiger partial charge in [-0.15, -0.1) is 0 Å². The van der Waals surface area contributed by atoms with Gasteiger partial charge in [0, 0.05) is 43.4 Å². The summed E-state index contributed by atoms with van der Waals surface area (Å²) in [5.41, 5.74) is 5.00. The number of phenolic OH excluding ortho intramolecular Hbond substituents is 2. The van der Waals surface area contributed by atoms with Crippen LogP contribution in [0.2, 0.25) is 0 Å². The number of anilines is 1. The van der Waals surface area contributed by atoms with Gasteiger partial charge >= 0.3 is 17.8 Å². The third-order valence-electron chi connectivity index (χ3n) is 11.4. The van der Waals surface area contributed by atoms with Gasteiger partial charge in [-0.05, 0) is 71.9 Å². The second kappa shape index (κ2) is 13.9. The van der Waals surface area contributed by atoms with Crippen molar-refractivity contribution in [1.29, 1.82) is 0 Å². The molecule has 1 saturated heterocycles. The molecule has 4 aliphatic heterocycles. The van der Waals surface area contributed by atoms with Gasteiger partial charge in [0.15, 0.2) is 5.82 Å². The number of aromatic amines is 1. The molecule has 4 aromatic rings. The minimum absolute atomic E-state index is 0.0540. The second-order valence-corrected chi connectivity index (χ2v) is 15.1. The number of nitrogens with zero attached hydrogens (tertiary/aromatic N) is 7. The van der Waals surface area contributed by atoms with Crippen molar-refractivity contribution in [2.24, 2.45) is 4.99 Å². The highest BCUT2D eigenvalue weighted by atomic mass is 16.6. The van der Waals surface area contributed by atoms with Crippen molar-refractivity contribution in [3.63, 3.8) is 0 Å². The number of aliphatic hydroxyl groups excluding tert-OH is 1. The van der Waals surface area contributed by atoms with Gasteiger partial charge in [0.05, 0.1) is 47.0 Å². The number of amides is 1. The molecule has 0 spiro atoms. The molecule has 0 saturated carbocycles. The van der Waals surface area contributed by atoms with Crippen LogP contribution in [0.5, 0.6) is 11.5 Å². The first-order chi connectivity index (χ1) is 27.9. The van der Waals surface area contributed by atoms with E-state index in [4.69, 9.17) is 14.5 Å². The molecule has 7 heterocycles. The first-order valence-electron chi connectivity index (χ1n) is 19.2. The zero-order chi connectivity index (χ0) is 40.6. The van der Waals surface area contributed by atoms with E-state index in [0.29, 0.717) is 61.0 Å². The summed E-state index contributed by atoms with van der Waals surface area (Å²) in [6.07, 6.45) is 4.01. The molecule has 4 N–H and O–H groups in total. The van der Waals surface area contributed by atoms with E-state index in [0.717, 1.165) is 16.7 Å². The molecular weight excluding hydrogens is 748 g/mol. The highest BCUT2D eigenvalue weighted by molar-refractivity contribution is 6.15. The largest absolute Gasteiger partial charge is 0.508 e. The molecule has 0 bridgehead atoms. The number of pyridine rings is 2. The van der Waals surface area contributed by atoms with Gasteiger partial charge < -0.3 is 39.2 Å². The summed E-state index contributed by atoms with van der Waals surface area (Å²) in [6, 6.07) is 7.79.